The number of aromatic nitrogens is 3. The van der Waals surface area contributed by atoms with E-state index in [1.54, 1.807) is 12.1 Å². The number of carbonyl (C=O) groups is 1. The van der Waals surface area contributed by atoms with Gasteiger partial charge >= 0.3 is 5.97 Å². The van der Waals surface area contributed by atoms with Crippen LogP contribution in [0.4, 0.5) is 0 Å². The van der Waals surface area contributed by atoms with Gasteiger partial charge in [0.15, 0.2) is 0 Å². The summed E-state index contributed by atoms with van der Waals surface area (Å²) in [7, 11) is 0. The van der Waals surface area contributed by atoms with Crippen LogP contribution >= 0.6 is 0 Å². The summed E-state index contributed by atoms with van der Waals surface area (Å²) in [6, 6.07) is 18.4. The molecule has 0 radical (unpaired) electrons. The molecule has 0 saturated carbocycles. The number of benzene rings is 2. The number of nitrogens with zero attached hydrogens (tertiary/aromatic N) is 3. The molecule has 2 aromatic heterocycles. The molecule has 2 aromatic carbocycles. The van der Waals surface area contributed by atoms with Crippen LogP contribution in [0.1, 0.15) is 21.7 Å². The van der Waals surface area contributed by atoms with Crippen LogP contribution in [-0.4, -0.2) is 25.8 Å². The Hall–Kier alpha value is -3.67. The second kappa shape index (κ2) is 6.57. The predicted molar refractivity (Wildman–Crippen MR) is 101 cm³/mol. The maximum absolute atomic E-state index is 11.1. The van der Waals surface area contributed by atoms with Crippen molar-refractivity contribution in [1.29, 1.82) is 0 Å². The van der Waals surface area contributed by atoms with Crippen LogP contribution in [0.2, 0.25) is 0 Å². The molecule has 2 heterocycles. The van der Waals surface area contributed by atoms with Crippen molar-refractivity contribution < 1.29 is 14.3 Å². The minimum absolute atomic E-state index is 0.174. The normalized spacial score (nSPS) is 10.9. The van der Waals surface area contributed by atoms with Crippen LogP contribution < -0.4 is 0 Å². The summed E-state index contributed by atoms with van der Waals surface area (Å²) in [6.45, 7) is 4.11. The highest BCUT2D eigenvalue weighted by Gasteiger charge is 2.13. The first-order valence-corrected chi connectivity index (χ1v) is 8.46. The average molecular weight is 359 g/mol. The van der Waals surface area contributed by atoms with Crippen molar-refractivity contribution in [3.8, 4) is 28.6 Å². The van der Waals surface area contributed by atoms with Crippen LogP contribution in [0, 0.1) is 13.8 Å². The van der Waals surface area contributed by atoms with Gasteiger partial charge in [-0.1, -0.05) is 12.1 Å². The zero-order valence-corrected chi connectivity index (χ0v) is 14.9. The van der Waals surface area contributed by atoms with Gasteiger partial charge in [-0.15, -0.1) is 10.2 Å². The topological polar surface area (TPSA) is 81.2 Å². The maximum atomic E-state index is 11.1. The molecule has 0 saturated heterocycles. The Balaban J connectivity index is 1.71. The van der Waals surface area contributed by atoms with Gasteiger partial charge in [-0.05, 0) is 62.4 Å². The second-order valence-corrected chi connectivity index (χ2v) is 6.30. The third-order valence-electron chi connectivity index (χ3n) is 4.40. The molecule has 0 aliphatic heterocycles. The smallest absolute Gasteiger partial charge is 0.335 e. The Bertz CT molecular complexity index is 1120. The fraction of sp³-hybridized carbons (Fsp3) is 0.0952. The molecule has 4 rings (SSSR count). The molecular weight excluding hydrogens is 342 g/mol. The summed E-state index contributed by atoms with van der Waals surface area (Å²) in [6.07, 6.45) is 0. The van der Waals surface area contributed by atoms with Gasteiger partial charge in [0, 0.05) is 28.2 Å². The number of aryl methyl sites for hydroxylation is 2. The Morgan fingerprint density at radius 3 is 2.11 bits per heavy atom. The van der Waals surface area contributed by atoms with Crippen LogP contribution in [0.5, 0.6) is 0 Å². The molecule has 0 fully saturated rings. The minimum Gasteiger partial charge on any atom is -0.478 e. The van der Waals surface area contributed by atoms with Gasteiger partial charge in [0.2, 0.25) is 11.8 Å². The number of carboxylic acids is 1. The van der Waals surface area contributed by atoms with Gasteiger partial charge in [0.1, 0.15) is 0 Å². The molecule has 4 aromatic rings. The highest BCUT2D eigenvalue weighted by atomic mass is 16.4. The molecule has 27 heavy (non-hydrogen) atoms. The van der Waals surface area contributed by atoms with E-state index in [0.717, 1.165) is 22.6 Å². The highest BCUT2D eigenvalue weighted by Crippen LogP contribution is 2.27. The largest absolute Gasteiger partial charge is 0.478 e. The number of hydrogen-bond donors (Lipinski definition) is 1. The van der Waals surface area contributed by atoms with E-state index in [0.29, 0.717) is 11.5 Å². The van der Waals surface area contributed by atoms with Crippen molar-refractivity contribution in [3.05, 3.63) is 77.6 Å². The van der Waals surface area contributed by atoms with Crippen molar-refractivity contribution in [1.82, 2.24) is 14.8 Å². The van der Waals surface area contributed by atoms with Crippen molar-refractivity contribution in [3.63, 3.8) is 0 Å². The van der Waals surface area contributed by atoms with Crippen LogP contribution in [-0.2, 0) is 0 Å². The molecule has 0 unspecified atom stereocenters. The van der Waals surface area contributed by atoms with E-state index in [2.05, 4.69) is 40.7 Å². The van der Waals surface area contributed by atoms with Gasteiger partial charge in [-0.25, -0.2) is 4.79 Å². The molecule has 134 valence electrons. The molecule has 0 bridgehead atoms. The summed E-state index contributed by atoms with van der Waals surface area (Å²) in [5.41, 5.74) is 4.84. The molecule has 6 heteroatoms. The van der Waals surface area contributed by atoms with Crippen molar-refractivity contribution in [2.24, 2.45) is 0 Å². The van der Waals surface area contributed by atoms with Crippen LogP contribution in [0.25, 0.3) is 28.6 Å². The van der Waals surface area contributed by atoms with Gasteiger partial charge in [-0.2, -0.15) is 0 Å². The van der Waals surface area contributed by atoms with E-state index >= 15 is 0 Å². The molecule has 0 aliphatic carbocycles. The molecule has 0 spiro atoms. The van der Waals surface area contributed by atoms with Crippen molar-refractivity contribution in [2.75, 3.05) is 0 Å². The fourth-order valence-corrected chi connectivity index (χ4v) is 3.10. The lowest BCUT2D eigenvalue weighted by atomic mass is 10.1. The Kier molecular flexibility index (Phi) is 4.08. The summed E-state index contributed by atoms with van der Waals surface area (Å²) >= 11 is 0. The van der Waals surface area contributed by atoms with Gasteiger partial charge in [0.05, 0.1) is 5.56 Å². The van der Waals surface area contributed by atoms with E-state index in [1.165, 1.54) is 12.1 Å². The minimum atomic E-state index is -0.998. The van der Waals surface area contributed by atoms with E-state index in [4.69, 9.17) is 9.52 Å². The first-order valence-electron chi connectivity index (χ1n) is 8.46. The summed E-state index contributed by atoms with van der Waals surface area (Å²) in [5, 5.41) is 17.3. The number of carboxylic acid groups (broad SMARTS) is 1. The van der Waals surface area contributed by atoms with E-state index < -0.39 is 5.97 Å². The quantitative estimate of drug-likeness (QED) is 0.580. The molecule has 1 N–H and O–H groups in total. The summed E-state index contributed by atoms with van der Waals surface area (Å²) in [5.74, 6) is -0.330. The third-order valence-corrected chi connectivity index (χ3v) is 4.40. The zero-order valence-electron chi connectivity index (χ0n) is 14.9. The van der Waals surface area contributed by atoms with E-state index in [1.807, 2.05) is 24.3 Å². The summed E-state index contributed by atoms with van der Waals surface area (Å²) < 4.78 is 7.95. The van der Waals surface area contributed by atoms with Gasteiger partial charge in [-0.3, -0.25) is 0 Å². The number of rotatable bonds is 4. The second-order valence-electron chi connectivity index (χ2n) is 6.30. The first kappa shape index (κ1) is 16.8. The monoisotopic (exact) mass is 359 g/mol. The Morgan fingerprint density at radius 1 is 0.889 bits per heavy atom. The maximum Gasteiger partial charge on any atom is 0.335 e. The molecule has 0 atom stereocenters. The van der Waals surface area contributed by atoms with Crippen LogP contribution in [0.15, 0.2) is 65.1 Å². The summed E-state index contributed by atoms with van der Waals surface area (Å²) in [4.78, 5) is 11.1. The average Bonchev–Trinajstić information content (AvgIpc) is 3.29. The van der Waals surface area contributed by atoms with Crippen molar-refractivity contribution >= 4 is 5.97 Å². The van der Waals surface area contributed by atoms with Gasteiger partial charge in [0.25, 0.3) is 0 Å². The van der Waals surface area contributed by atoms with E-state index in [-0.39, 0.29) is 11.5 Å². The fourth-order valence-electron chi connectivity index (χ4n) is 3.10. The number of aromatic carboxylic acids is 1. The molecule has 6 nitrogen and oxygen atoms in total. The highest BCUT2D eigenvalue weighted by molar-refractivity contribution is 5.89. The third kappa shape index (κ3) is 3.13. The predicted octanol–water partition coefficient (Wildman–Crippen LogP) is 4.51. The SMILES string of the molecule is Cc1ccc(C)n1-c1cccc(-c2nnc(-c3cccc(C(=O)O)c3)o2)c1. The Morgan fingerprint density at radius 2 is 1.48 bits per heavy atom. The molecule has 0 amide bonds. The lowest BCUT2D eigenvalue weighted by Gasteiger charge is -2.10. The zero-order chi connectivity index (χ0) is 19.0. The van der Waals surface area contributed by atoms with Crippen molar-refractivity contribution in [2.45, 2.75) is 13.8 Å². The lowest BCUT2D eigenvalue weighted by molar-refractivity contribution is 0.0697. The lowest BCUT2D eigenvalue weighted by Crippen LogP contribution is -1.98. The first-order chi connectivity index (χ1) is 13.0. The van der Waals surface area contributed by atoms with E-state index in [9.17, 15) is 4.79 Å². The molecule has 0 aliphatic rings. The Labute approximate surface area is 155 Å². The van der Waals surface area contributed by atoms with Gasteiger partial charge < -0.3 is 14.1 Å². The molecular formula is C21H17N3O3. The van der Waals surface area contributed by atoms with Crippen LogP contribution in [0.3, 0.4) is 0 Å². The standard InChI is InChI=1S/C21H17N3O3/c1-13-9-10-14(2)24(13)18-8-4-6-16(12-18)20-23-22-19(27-20)15-5-3-7-17(11-15)21(25)26/h3-12H,1-2H3,(H,25,26). The number of hydrogen-bond acceptors (Lipinski definition) is 4.